The van der Waals surface area contributed by atoms with Crippen LogP contribution in [-0.2, 0) is 4.74 Å². The third-order valence-corrected chi connectivity index (χ3v) is 2.53. The van der Waals surface area contributed by atoms with Crippen LogP contribution in [0.25, 0.3) is 0 Å². The molecule has 17 heavy (non-hydrogen) atoms. The standard InChI is InChI=1S/C10H18F3N3O/c1-16(2)3-4-17-8-5-9(10(11,12)13)15-6-7(8)14/h6,8-9,15H,3-5,14H2,1-2H3. The molecule has 2 atom stereocenters. The number of halogens is 3. The van der Waals surface area contributed by atoms with E-state index in [0.29, 0.717) is 18.8 Å². The van der Waals surface area contributed by atoms with Gasteiger partial charge in [-0.25, -0.2) is 0 Å². The summed E-state index contributed by atoms with van der Waals surface area (Å²) in [6.07, 6.45) is -3.94. The van der Waals surface area contributed by atoms with Gasteiger partial charge in [0.25, 0.3) is 0 Å². The van der Waals surface area contributed by atoms with Gasteiger partial charge in [-0.1, -0.05) is 0 Å². The molecular weight excluding hydrogens is 235 g/mol. The molecule has 0 aromatic heterocycles. The van der Waals surface area contributed by atoms with E-state index >= 15 is 0 Å². The zero-order valence-electron chi connectivity index (χ0n) is 9.92. The summed E-state index contributed by atoms with van der Waals surface area (Å²) in [5.74, 6) is 0. The summed E-state index contributed by atoms with van der Waals surface area (Å²) in [7, 11) is 3.73. The molecule has 0 saturated carbocycles. The minimum atomic E-state index is -4.28. The fourth-order valence-corrected chi connectivity index (χ4v) is 1.48. The van der Waals surface area contributed by atoms with Gasteiger partial charge in [-0.05, 0) is 14.1 Å². The Kier molecular flexibility index (Phi) is 4.64. The zero-order chi connectivity index (χ0) is 13.1. The lowest BCUT2D eigenvalue weighted by Crippen LogP contribution is -2.47. The normalized spacial score (nSPS) is 25.6. The summed E-state index contributed by atoms with van der Waals surface area (Å²) >= 11 is 0. The van der Waals surface area contributed by atoms with Gasteiger partial charge < -0.3 is 20.7 Å². The number of alkyl halides is 3. The van der Waals surface area contributed by atoms with Crippen molar-refractivity contribution in [1.82, 2.24) is 10.2 Å². The van der Waals surface area contributed by atoms with E-state index in [0.717, 1.165) is 0 Å². The lowest BCUT2D eigenvalue weighted by molar-refractivity contribution is -0.162. The second-order valence-corrected chi connectivity index (χ2v) is 4.30. The Morgan fingerprint density at radius 1 is 1.53 bits per heavy atom. The maximum Gasteiger partial charge on any atom is 0.408 e. The molecule has 4 nitrogen and oxygen atoms in total. The summed E-state index contributed by atoms with van der Waals surface area (Å²) in [5.41, 5.74) is 5.90. The Bertz CT molecular complexity index is 278. The molecule has 1 aliphatic heterocycles. The number of hydrogen-bond donors (Lipinski definition) is 2. The molecule has 2 unspecified atom stereocenters. The average molecular weight is 253 g/mol. The van der Waals surface area contributed by atoms with Crippen molar-refractivity contribution in [3.05, 3.63) is 11.9 Å². The van der Waals surface area contributed by atoms with E-state index in [-0.39, 0.29) is 6.42 Å². The first-order chi connectivity index (χ1) is 7.80. The molecule has 0 amide bonds. The van der Waals surface area contributed by atoms with Gasteiger partial charge in [0.15, 0.2) is 0 Å². The minimum absolute atomic E-state index is 0.181. The zero-order valence-corrected chi connectivity index (χ0v) is 9.92. The quantitative estimate of drug-likeness (QED) is 0.772. The number of nitrogens with one attached hydrogen (secondary N) is 1. The Morgan fingerprint density at radius 2 is 2.18 bits per heavy atom. The SMILES string of the molecule is CN(C)CCOC1CC(C(F)(F)F)NC=C1N. The van der Waals surface area contributed by atoms with E-state index < -0.39 is 18.3 Å². The largest absolute Gasteiger partial charge is 0.408 e. The van der Waals surface area contributed by atoms with Crippen molar-refractivity contribution in [2.75, 3.05) is 27.2 Å². The summed E-state index contributed by atoms with van der Waals surface area (Å²) < 4.78 is 42.8. The predicted molar refractivity (Wildman–Crippen MR) is 58.2 cm³/mol. The molecule has 0 saturated heterocycles. The highest BCUT2D eigenvalue weighted by atomic mass is 19.4. The van der Waals surface area contributed by atoms with Crippen LogP contribution in [0.2, 0.25) is 0 Å². The van der Waals surface area contributed by atoms with E-state index in [1.807, 2.05) is 19.0 Å². The molecule has 0 aromatic rings. The van der Waals surface area contributed by atoms with Crippen molar-refractivity contribution < 1.29 is 17.9 Å². The molecule has 7 heteroatoms. The topological polar surface area (TPSA) is 50.5 Å². The van der Waals surface area contributed by atoms with Crippen molar-refractivity contribution in [3.8, 4) is 0 Å². The maximum atomic E-state index is 12.5. The molecule has 100 valence electrons. The highest BCUT2D eigenvalue weighted by Crippen LogP contribution is 2.27. The van der Waals surface area contributed by atoms with Gasteiger partial charge in [-0.2, -0.15) is 13.2 Å². The molecule has 0 aromatic carbocycles. The van der Waals surface area contributed by atoms with Gasteiger partial charge in [-0.15, -0.1) is 0 Å². The lowest BCUT2D eigenvalue weighted by Gasteiger charge is -2.30. The van der Waals surface area contributed by atoms with Gasteiger partial charge in [0, 0.05) is 19.2 Å². The first-order valence-electron chi connectivity index (χ1n) is 5.35. The van der Waals surface area contributed by atoms with Crippen LogP contribution in [0.5, 0.6) is 0 Å². The fraction of sp³-hybridized carbons (Fsp3) is 0.800. The Hall–Kier alpha value is -0.950. The van der Waals surface area contributed by atoms with E-state index in [2.05, 4.69) is 5.32 Å². The van der Waals surface area contributed by atoms with Crippen LogP contribution in [0.15, 0.2) is 11.9 Å². The van der Waals surface area contributed by atoms with Gasteiger partial charge in [0.1, 0.15) is 12.1 Å². The summed E-state index contributed by atoms with van der Waals surface area (Å²) in [6, 6.07) is -1.58. The molecule has 0 fully saturated rings. The second-order valence-electron chi connectivity index (χ2n) is 4.30. The molecular formula is C10H18F3N3O. The second kappa shape index (κ2) is 5.59. The van der Waals surface area contributed by atoms with Crippen LogP contribution < -0.4 is 11.1 Å². The van der Waals surface area contributed by atoms with E-state index in [1.165, 1.54) is 6.20 Å². The van der Waals surface area contributed by atoms with Gasteiger partial charge in [0.05, 0.1) is 12.3 Å². The number of likely N-dealkylation sites (N-methyl/N-ethyl adjacent to an activating group) is 1. The number of nitrogens with zero attached hydrogens (tertiary/aromatic N) is 1. The van der Waals surface area contributed by atoms with Crippen molar-refractivity contribution in [2.45, 2.75) is 24.7 Å². The number of rotatable bonds is 4. The van der Waals surface area contributed by atoms with Crippen LogP contribution in [0.4, 0.5) is 13.2 Å². The molecule has 0 aliphatic carbocycles. The summed E-state index contributed by atoms with van der Waals surface area (Å²) in [6.45, 7) is 1.00. The molecule has 0 radical (unpaired) electrons. The molecule has 1 rings (SSSR count). The monoisotopic (exact) mass is 253 g/mol. The fourth-order valence-electron chi connectivity index (χ4n) is 1.48. The van der Waals surface area contributed by atoms with Crippen molar-refractivity contribution in [2.24, 2.45) is 5.73 Å². The maximum absolute atomic E-state index is 12.5. The van der Waals surface area contributed by atoms with Crippen LogP contribution >= 0.6 is 0 Å². The van der Waals surface area contributed by atoms with E-state index in [9.17, 15) is 13.2 Å². The Labute approximate surface area is 98.6 Å². The van der Waals surface area contributed by atoms with Crippen molar-refractivity contribution in [1.29, 1.82) is 0 Å². The predicted octanol–water partition coefficient (Wildman–Crippen LogP) is 0.657. The van der Waals surface area contributed by atoms with Crippen LogP contribution in [0.3, 0.4) is 0 Å². The number of hydrogen-bond acceptors (Lipinski definition) is 4. The summed E-state index contributed by atoms with van der Waals surface area (Å²) in [4.78, 5) is 1.89. The number of ether oxygens (including phenoxy) is 1. The molecule has 0 spiro atoms. The molecule has 1 aliphatic rings. The Balaban J connectivity index is 2.48. The van der Waals surface area contributed by atoms with Crippen LogP contribution in [0, 0.1) is 0 Å². The van der Waals surface area contributed by atoms with Crippen molar-refractivity contribution in [3.63, 3.8) is 0 Å². The van der Waals surface area contributed by atoms with E-state index in [4.69, 9.17) is 10.5 Å². The van der Waals surface area contributed by atoms with Crippen LogP contribution in [-0.4, -0.2) is 50.5 Å². The molecule has 3 N–H and O–H groups in total. The number of nitrogens with two attached hydrogens (primary N) is 1. The highest BCUT2D eigenvalue weighted by molar-refractivity contribution is 5.09. The minimum Gasteiger partial charge on any atom is -0.399 e. The Morgan fingerprint density at radius 3 is 2.71 bits per heavy atom. The highest BCUT2D eigenvalue weighted by Gasteiger charge is 2.42. The lowest BCUT2D eigenvalue weighted by atomic mass is 10.0. The first kappa shape index (κ1) is 14.1. The van der Waals surface area contributed by atoms with Crippen molar-refractivity contribution >= 4 is 0 Å². The van der Waals surface area contributed by atoms with Crippen LogP contribution in [0.1, 0.15) is 6.42 Å². The van der Waals surface area contributed by atoms with Gasteiger partial charge >= 0.3 is 6.18 Å². The smallest absolute Gasteiger partial charge is 0.399 e. The van der Waals surface area contributed by atoms with Gasteiger partial charge in [-0.3, -0.25) is 0 Å². The molecule has 0 bridgehead atoms. The summed E-state index contributed by atoms with van der Waals surface area (Å²) in [5, 5.41) is 2.24. The third-order valence-electron chi connectivity index (χ3n) is 2.53. The van der Waals surface area contributed by atoms with E-state index in [1.54, 1.807) is 0 Å². The molecule has 1 heterocycles. The van der Waals surface area contributed by atoms with Gasteiger partial charge in [0.2, 0.25) is 0 Å². The first-order valence-corrected chi connectivity index (χ1v) is 5.35. The average Bonchev–Trinajstić information content (AvgIpc) is 2.18. The third kappa shape index (κ3) is 4.43.